The Bertz CT molecular complexity index is 966. The molecule has 0 aliphatic heterocycles. The first-order chi connectivity index (χ1) is 13.0. The number of hydrogen-bond acceptors (Lipinski definition) is 3. The van der Waals surface area contributed by atoms with Gasteiger partial charge in [0, 0.05) is 27.5 Å². The number of benzene rings is 3. The van der Waals surface area contributed by atoms with Crippen LogP contribution in [0.3, 0.4) is 0 Å². The van der Waals surface area contributed by atoms with Gasteiger partial charge >= 0.3 is 0 Å². The zero-order valence-corrected chi connectivity index (χ0v) is 16.9. The van der Waals surface area contributed by atoms with Crippen LogP contribution < -0.4 is 10.1 Å². The van der Waals surface area contributed by atoms with Crippen molar-refractivity contribution in [1.82, 2.24) is 0 Å². The number of para-hydroxylation sites is 1. The van der Waals surface area contributed by atoms with Gasteiger partial charge < -0.3 is 10.1 Å². The monoisotopic (exact) mass is 441 g/mol. The molecule has 27 heavy (non-hydrogen) atoms. The van der Waals surface area contributed by atoms with Crippen LogP contribution in [0.25, 0.3) is 0 Å². The van der Waals surface area contributed by atoms with Gasteiger partial charge in [0.05, 0.1) is 5.02 Å². The van der Waals surface area contributed by atoms with Crippen molar-refractivity contribution in [2.75, 3.05) is 5.32 Å². The molecule has 5 heteroatoms. The minimum atomic E-state index is -0.0498. The number of rotatable bonds is 6. The Morgan fingerprint density at radius 2 is 1.67 bits per heavy atom. The molecule has 0 saturated heterocycles. The first-order valence-corrected chi connectivity index (χ1v) is 9.46. The fourth-order valence-corrected chi connectivity index (χ4v) is 2.86. The third kappa shape index (κ3) is 5.46. The number of halogens is 2. The summed E-state index contributed by atoms with van der Waals surface area (Å²) in [7, 11) is 0. The van der Waals surface area contributed by atoms with Gasteiger partial charge in [0.2, 0.25) is 0 Å². The molecule has 3 nitrogen and oxygen atoms in total. The summed E-state index contributed by atoms with van der Waals surface area (Å²) in [5.74, 6) is 1.24. The number of carbonyl (C=O) groups excluding carboxylic acids is 1. The third-order valence-corrected chi connectivity index (χ3v) is 4.58. The van der Waals surface area contributed by atoms with Gasteiger partial charge in [0.15, 0.2) is 5.78 Å². The maximum absolute atomic E-state index is 12.3. The summed E-state index contributed by atoms with van der Waals surface area (Å²) >= 11 is 9.47. The molecular formula is C22H17BrClNO2. The second kappa shape index (κ2) is 8.89. The molecule has 0 aliphatic carbocycles. The number of ketones is 1. The first-order valence-electron chi connectivity index (χ1n) is 8.29. The summed E-state index contributed by atoms with van der Waals surface area (Å²) < 4.78 is 6.71. The van der Waals surface area contributed by atoms with Gasteiger partial charge in [-0.1, -0.05) is 39.7 Å². The van der Waals surface area contributed by atoms with Gasteiger partial charge in [-0.05, 0) is 67.6 Å². The fourth-order valence-electron chi connectivity index (χ4n) is 2.42. The lowest BCUT2D eigenvalue weighted by Crippen LogP contribution is -2.01. The average Bonchev–Trinajstić information content (AvgIpc) is 2.65. The van der Waals surface area contributed by atoms with E-state index in [1.807, 2.05) is 61.5 Å². The number of hydrogen-bond donors (Lipinski definition) is 1. The third-order valence-electron chi connectivity index (χ3n) is 3.74. The van der Waals surface area contributed by atoms with Gasteiger partial charge in [-0.15, -0.1) is 0 Å². The van der Waals surface area contributed by atoms with Crippen LogP contribution in [0.2, 0.25) is 5.02 Å². The summed E-state index contributed by atoms with van der Waals surface area (Å²) in [5, 5.41) is 3.77. The van der Waals surface area contributed by atoms with Gasteiger partial charge in [0.25, 0.3) is 0 Å². The van der Waals surface area contributed by atoms with Crippen LogP contribution in [0.5, 0.6) is 11.5 Å². The molecule has 0 heterocycles. The molecule has 0 bridgehead atoms. The van der Waals surface area contributed by atoms with Crippen molar-refractivity contribution in [3.8, 4) is 11.5 Å². The number of allylic oxidation sites excluding steroid dienone is 2. The molecule has 136 valence electrons. The lowest BCUT2D eigenvalue weighted by atomic mass is 10.1. The lowest BCUT2D eigenvalue weighted by molar-refractivity contribution is 0.104. The lowest BCUT2D eigenvalue weighted by Gasteiger charge is -2.10. The SMILES string of the molecule is C/C(=C\C(=O)c1ccc(Br)cc1)Nc1ccc(Oc2ccccc2Cl)cc1. The van der Waals surface area contributed by atoms with Crippen LogP contribution in [0, 0.1) is 0 Å². The molecule has 0 atom stereocenters. The number of anilines is 1. The van der Waals surface area contributed by atoms with Gasteiger partial charge in [-0.2, -0.15) is 0 Å². The Labute approximate surface area is 171 Å². The summed E-state index contributed by atoms with van der Waals surface area (Å²) in [6.45, 7) is 1.85. The summed E-state index contributed by atoms with van der Waals surface area (Å²) in [6.07, 6.45) is 1.58. The standard InChI is InChI=1S/C22H17BrClNO2/c1-15(14-21(26)16-6-8-17(23)9-7-16)25-18-10-12-19(13-11-18)27-22-5-3-2-4-20(22)24/h2-14,25H,1H3/b15-14+. The molecule has 0 amide bonds. The fraction of sp³-hybridized carbons (Fsp3) is 0.0455. The molecule has 3 aromatic rings. The van der Waals surface area contributed by atoms with Gasteiger partial charge in [0.1, 0.15) is 11.5 Å². The zero-order valence-electron chi connectivity index (χ0n) is 14.6. The van der Waals surface area contributed by atoms with E-state index in [2.05, 4.69) is 21.2 Å². The predicted molar refractivity (Wildman–Crippen MR) is 114 cm³/mol. The van der Waals surface area contributed by atoms with Crippen molar-refractivity contribution >= 4 is 39.0 Å². The second-order valence-electron chi connectivity index (χ2n) is 5.88. The maximum atomic E-state index is 12.3. The van der Waals surface area contributed by atoms with Crippen LogP contribution in [0.4, 0.5) is 5.69 Å². The quantitative estimate of drug-likeness (QED) is 0.327. The van der Waals surface area contributed by atoms with Crippen molar-refractivity contribution in [2.45, 2.75) is 6.92 Å². The second-order valence-corrected chi connectivity index (χ2v) is 7.20. The van der Waals surface area contributed by atoms with E-state index >= 15 is 0 Å². The van der Waals surface area contributed by atoms with E-state index in [1.165, 1.54) is 0 Å². The Hall–Kier alpha value is -2.56. The predicted octanol–water partition coefficient (Wildman–Crippen LogP) is 7.09. The molecule has 3 aromatic carbocycles. The molecule has 0 spiro atoms. The van der Waals surface area contributed by atoms with Gasteiger partial charge in [-0.25, -0.2) is 0 Å². The molecule has 0 saturated carbocycles. The Kier molecular flexibility index (Phi) is 6.32. The highest BCUT2D eigenvalue weighted by Gasteiger charge is 2.05. The normalized spacial score (nSPS) is 11.1. The average molecular weight is 443 g/mol. The van der Waals surface area contributed by atoms with E-state index in [4.69, 9.17) is 16.3 Å². The van der Waals surface area contributed by atoms with Crippen molar-refractivity contribution in [3.05, 3.63) is 99.6 Å². The van der Waals surface area contributed by atoms with Gasteiger partial charge in [-0.3, -0.25) is 4.79 Å². The maximum Gasteiger partial charge on any atom is 0.187 e. The molecule has 0 unspecified atom stereocenters. The van der Waals surface area contributed by atoms with Crippen LogP contribution >= 0.6 is 27.5 Å². The molecule has 0 fully saturated rings. The summed E-state index contributed by atoms with van der Waals surface area (Å²) in [4.78, 5) is 12.3. The molecule has 0 aromatic heterocycles. The zero-order chi connectivity index (χ0) is 19.2. The Balaban J connectivity index is 1.64. The van der Waals surface area contributed by atoms with Crippen molar-refractivity contribution < 1.29 is 9.53 Å². The minimum Gasteiger partial charge on any atom is -0.456 e. The molecule has 0 radical (unpaired) electrons. The minimum absolute atomic E-state index is 0.0498. The van der Waals surface area contributed by atoms with Crippen LogP contribution in [-0.4, -0.2) is 5.78 Å². The van der Waals surface area contributed by atoms with Crippen molar-refractivity contribution in [2.24, 2.45) is 0 Å². The number of carbonyl (C=O) groups is 1. The van der Waals surface area contributed by atoms with Crippen LogP contribution in [-0.2, 0) is 0 Å². The van der Waals surface area contributed by atoms with E-state index in [9.17, 15) is 4.79 Å². The largest absolute Gasteiger partial charge is 0.456 e. The van der Waals surface area contributed by atoms with E-state index in [-0.39, 0.29) is 5.78 Å². The molecule has 0 aliphatic rings. The molecule has 3 rings (SSSR count). The van der Waals surface area contributed by atoms with E-state index in [0.29, 0.717) is 22.1 Å². The molecular weight excluding hydrogens is 426 g/mol. The molecule has 1 N–H and O–H groups in total. The summed E-state index contributed by atoms with van der Waals surface area (Å²) in [5.41, 5.74) is 2.25. The Morgan fingerprint density at radius 3 is 2.33 bits per heavy atom. The highest BCUT2D eigenvalue weighted by atomic mass is 79.9. The summed E-state index contributed by atoms with van der Waals surface area (Å²) in [6, 6.07) is 22.0. The first kappa shape index (κ1) is 19.2. The Morgan fingerprint density at radius 1 is 1.00 bits per heavy atom. The number of ether oxygens (including phenoxy) is 1. The van der Waals surface area contributed by atoms with Crippen LogP contribution in [0.1, 0.15) is 17.3 Å². The van der Waals surface area contributed by atoms with Crippen molar-refractivity contribution in [3.63, 3.8) is 0 Å². The van der Waals surface area contributed by atoms with Crippen molar-refractivity contribution in [1.29, 1.82) is 0 Å². The highest BCUT2D eigenvalue weighted by molar-refractivity contribution is 9.10. The van der Waals surface area contributed by atoms with Crippen LogP contribution in [0.15, 0.2) is 89.0 Å². The van der Waals surface area contributed by atoms with E-state index in [1.54, 1.807) is 24.3 Å². The smallest absolute Gasteiger partial charge is 0.187 e. The highest BCUT2D eigenvalue weighted by Crippen LogP contribution is 2.29. The van der Waals surface area contributed by atoms with E-state index in [0.717, 1.165) is 15.9 Å². The topological polar surface area (TPSA) is 38.3 Å². The van der Waals surface area contributed by atoms with E-state index < -0.39 is 0 Å². The number of nitrogens with one attached hydrogen (secondary N) is 1.